The SMILES string of the molecule is COc1ccc(NC(C)=O)cc1C(=O)NCC(C)C. The van der Waals surface area contributed by atoms with Crippen molar-refractivity contribution in [2.45, 2.75) is 20.8 Å². The van der Waals surface area contributed by atoms with Gasteiger partial charge in [-0.15, -0.1) is 0 Å². The van der Waals surface area contributed by atoms with E-state index in [-0.39, 0.29) is 11.8 Å². The minimum Gasteiger partial charge on any atom is -0.496 e. The second kappa shape index (κ2) is 6.78. The van der Waals surface area contributed by atoms with Gasteiger partial charge in [0.2, 0.25) is 5.91 Å². The third kappa shape index (κ3) is 4.62. The summed E-state index contributed by atoms with van der Waals surface area (Å²) < 4.78 is 5.16. The monoisotopic (exact) mass is 264 g/mol. The lowest BCUT2D eigenvalue weighted by molar-refractivity contribution is -0.114. The molecule has 104 valence electrons. The zero-order valence-corrected chi connectivity index (χ0v) is 11.7. The second-order valence-corrected chi connectivity index (χ2v) is 4.70. The minimum atomic E-state index is -0.210. The highest BCUT2D eigenvalue weighted by Crippen LogP contribution is 2.22. The molecule has 1 aromatic carbocycles. The molecule has 5 nitrogen and oxygen atoms in total. The molecule has 0 bridgehead atoms. The molecule has 2 amide bonds. The van der Waals surface area contributed by atoms with E-state index in [1.807, 2.05) is 13.8 Å². The van der Waals surface area contributed by atoms with Gasteiger partial charge in [0.1, 0.15) is 5.75 Å². The summed E-state index contributed by atoms with van der Waals surface area (Å²) in [5.41, 5.74) is 0.984. The first kappa shape index (κ1) is 15.0. The molecule has 0 atom stereocenters. The van der Waals surface area contributed by atoms with Crippen molar-refractivity contribution in [3.05, 3.63) is 23.8 Å². The van der Waals surface area contributed by atoms with Crippen LogP contribution in [0.15, 0.2) is 18.2 Å². The van der Waals surface area contributed by atoms with Crippen molar-refractivity contribution in [3.8, 4) is 5.75 Å². The summed E-state index contributed by atoms with van der Waals surface area (Å²) >= 11 is 0. The molecule has 0 aromatic heterocycles. The van der Waals surface area contributed by atoms with E-state index in [1.54, 1.807) is 18.2 Å². The molecular weight excluding hydrogens is 244 g/mol. The molecule has 0 unspecified atom stereocenters. The highest BCUT2D eigenvalue weighted by Gasteiger charge is 2.13. The number of hydrogen-bond donors (Lipinski definition) is 2. The first-order valence-corrected chi connectivity index (χ1v) is 6.18. The van der Waals surface area contributed by atoms with Crippen molar-refractivity contribution in [3.63, 3.8) is 0 Å². The van der Waals surface area contributed by atoms with Crippen LogP contribution in [0.1, 0.15) is 31.1 Å². The molecule has 0 radical (unpaired) electrons. The normalized spacial score (nSPS) is 10.2. The fourth-order valence-corrected chi connectivity index (χ4v) is 1.56. The summed E-state index contributed by atoms with van der Waals surface area (Å²) in [6, 6.07) is 4.96. The second-order valence-electron chi connectivity index (χ2n) is 4.70. The Labute approximate surface area is 113 Å². The highest BCUT2D eigenvalue weighted by molar-refractivity contribution is 5.99. The van der Waals surface area contributed by atoms with Gasteiger partial charge in [-0.1, -0.05) is 13.8 Å². The molecule has 5 heteroatoms. The lowest BCUT2D eigenvalue weighted by Crippen LogP contribution is -2.27. The Morgan fingerprint density at radius 3 is 2.53 bits per heavy atom. The quantitative estimate of drug-likeness (QED) is 0.855. The molecular formula is C14H20N2O3. The van der Waals surface area contributed by atoms with Crippen molar-refractivity contribution in [1.29, 1.82) is 0 Å². The lowest BCUT2D eigenvalue weighted by Gasteiger charge is -2.12. The van der Waals surface area contributed by atoms with E-state index in [9.17, 15) is 9.59 Å². The zero-order chi connectivity index (χ0) is 14.4. The molecule has 0 saturated heterocycles. The molecule has 1 aromatic rings. The molecule has 1 rings (SSSR count). The standard InChI is InChI=1S/C14H20N2O3/c1-9(2)8-15-14(18)12-7-11(16-10(3)17)5-6-13(12)19-4/h5-7,9H,8H2,1-4H3,(H,15,18)(H,16,17). The van der Waals surface area contributed by atoms with Crippen LogP contribution < -0.4 is 15.4 Å². The van der Waals surface area contributed by atoms with Crippen LogP contribution in [0.2, 0.25) is 0 Å². The smallest absolute Gasteiger partial charge is 0.255 e. The third-order valence-corrected chi connectivity index (χ3v) is 2.44. The number of amides is 2. The topological polar surface area (TPSA) is 67.4 Å². The maximum absolute atomic E-state index is 12.1. The number of nitrogens with one attached hydrogen (secondary N) is 2. The Hall–Kier alpha value is -2.04. The van der Waals surface area contributed by atoms with E-state index in [0.29, 0.717) is 29.5 Å². The van der Waals surface area contributed by atoms with E-state index in [1.165, 1.54) is 14.0 Å². The molecule has 0 aliphatic rings. The first-order valence-electron chi connectivity index (χ1n) is 6.18. The van der Waals surface area contributed by atoms with Gasteiger partial charge in [-0.25, -0.2) is 0 Å². The van der Waals surface area contributed by atoms with Gasteiger partial charge in [0.05, 0.1) is 12.7 Å². The van der Waals surface area contributed by atoms with Crippen LogP contribution in [0.5, 0.6) is 5.75 Å². The van der Waals surface area contributed by atoms with Crippen molar-refractivity contribution in [2.75, 3.05) is 19.0 Å². The Morgan fingerprint density at radius 2 is 2.00 bits per heavy atom. The number of rotatable bonds is 5. The fraction of sp³-hybridized carbons (Fsp3) is 0.429. The van der Waals surface area contributed by atoms with Gasteiger partial charge < -0.3 is 15.4 Å². The Morgan fingerprint density at radius 1 is 1.32 bits per heavy atom. The molecule has 0 spiro atoms. The highest BCUT2D eigenvalue weighted by atomic mass is 16.5. The van der Waals surface area contributed by atoms with E-state index in [4.69, 9.17) is 4.74 Å². The number of ether oxygens (including phenoxy) is 1. The van der Waals surface area contributed by atoms with E-state index in [2.05, 4.69) is 10.6 Å². The summed E-state index contributed by atoms with van der Waals surface area (Å²) in [6.45, 7) is 6.05. The van der Waals surface area contributed by atoms with Crippen LogP contribution >= 0.6 is 0 Å². The van der Waals surface area contributed by atoms with Crippen molar-refractivity contribution >= 4 is 17.5 Å². The van der Waals surface area contributed by atoms with Gasteiger partial charge in [0.25, 0.3) is 5.91 Å². The molecule has 0 aliphatic carbocycles. The average molecular weight is 264 g/mol. The summed E-state index contributed by atoms with van der Waals surface area (Å²) in [5.74, 6) is 0.459. The van der Waals surface area contributed by atoms with Crippen molar-refractivity contribution < 1.29 is 14.3 Å². The number of anilines is 1. The van der Waals surface area contributed by atoms with Gasteiger partial charge in [-0.3, -0.25) is 9.59 Å². The molecule has 2 N–H and O–H groups in total. The summed E-state index contributed by atoms with van der Waals surface area (Å²) in [7, 11) is 1.51. The first-order chi connectivity index (χ1) is 8.93. The van der Waals surface area contributed by atoms with Gasteiger partial charge in [0, 0.05) is 19.2 Å². The van der Waals surface area contributed by atoms with E-state index >= 15 is 0 Å². The summed E-state index contributed by atoms with van der Waals surface area (Å²) in [5, 5.41) is 5.46. The predicted molar refractivity (Wildman–Crippen MR) is 74.5 cm³/mol. The predicted octanol–water partition coefficient (Wildman–Crippen LogP) is 2.04. The van der Waals surface area contributed by atoms with Crippen molar-refractivity contribution in [1.82, 2.24) is 5.32 Å². The van der Waals surface area contributed by atoms with Gasteiger partial charge in [0.15, 0.2) is 0 Å². The van der Waals surface area contributed by atoms with Crippen LogP contribution in [0, 0.1) is 5.92 Å². The Balaban J connectivity index is 2.94. The maximum Gasteiger partial charge on any atom is 0.255 e. The maximum atomic E-state index is 12.1. The van der Waals surface area contributed by atoms with Crippen LogP contribution in [0.4, 0.5) is 5.69 Å². The molecule has 19 heavy (non-hydrogen) atoms. The molecule has 0 heterocycles. The van der Waals surface area contributed by atoms with Crippen LogP contribution in [-0.4, -0.2) is 25.5 Å². The number of carbonyl (C=O) groups is 2. The summed E-state index contributed by atoms with van der Waals surface area (Å²) in [4.78, 5) is 23.1. The summed E-state index contributed by atoms with van der Waals surface area (Å²) in [6.07, 6.45) is 0. The van der Waals surface area contributed by atoms with Gasteiger partial charge in [-0.05, 0) is 24.1 Å². The van der Waals surface area contributed by atoms with Crippen LogP contribution in [-0.2, 0) is 4.79 Å². The van der Waals surface area contributed by atoms with Crippen LogP contribution in [0.25, 0.3) is 0 Å². The minimum absolute atomic E-state index is 0.182. The zero-order valence-electron chi connectivity index (χ0n) is 11.7. The Bertz CT molecular complexity index is 470. The van der Waals surface area contributed by atoms with E-state index < -0.39 is 0 Å². The van der Waals surface area contributed by atoms with E-state index in [0.717, 1.165) is 0 Å². The van der Waals surface area contributed by atoms with Crippen molar-refractivity contribution in [2.24, 2.45) is 5.92 Å². The number of carbonyl (C=O) groups excluding carboxylic acids is 2. The fourth-order valence-electron chi connectivity index (χ4n) is 1.56. The van der Waals surface area contributed by atoms with Gasteiger partial charge in [-0.2, -0.15) is 0 Å². The average Bonchev–Trinajstić information content (AvgIpc) is 2.35. The lowest BCUT2D eigenvalue weighted by atomic mass is 10.1. The third-order valence-electron chi connectivity index (χ3n) is 2.44. The molecule has 0 fully saturated rings. The molecule has 0 aliphatic heterocycles. The number of hydrogen-bond acceptors (Lipinski definition) is 3. The van der Waals surface area contributed by atoms with Crippen LogP contribution in [0.3, 0.4) is 0 Å². The Kier molecular flexibility index (Phi) is 5.36. The number of methoxy groups -OCH3 is 1. The number of benzene rings is 1. The largest absolute Gasteiger partial charge is 0.496 e. The molecule has 0 saturated carbocycles. The van der Waals surface area contributed by atoms with Gasteiger partial charge >= 0.3 is 0 Å².